The standard InChI is InChI=1S/C26H36N5O8P/c1-3-5-6-8-20(23(4-2)31(36)17-32)25(34)27-15-28-26(35)22-10-7-9-21(30-22)18-11-13-19(14-12-18)24(33)29-16-40(37,38)39/h7,9-14,17,20,23,36H,3-6,8,15-16H2,1-2H3,(H,27,34)(H,28,35)(H,29,33)(H2,37,38,39). The summed E-state index contributed by atoms with van der Waals surface area (Å²) >= 11 is 0. The number of benzene rings is 1. The monoisotopic (exact) mass is 577 g/mol. The molecule has 4 amide bonds. The van der Waals surface area contributed by atoms with E-state index in [4.69, 9.17) is 9.79 Å². The maximum absolute atomic E-state index is 12.9. The van der Waals surface area contributed by atoms with E-state index >= 15 is 0 Å². The number of pyridine rings is 1. The Hall–Kier alpha value is -3.64. The molecule has 0 radical (unpaired) electrons. The Morgan fingerprint density at radius 3 is 2.30 bits per heavy atom. The smallest absolute Gasteiger partial charge is 0.340 e. The summed E-state index contributed by atoms with van der Waals surface area (Å²) in [7, 11) is -4.38. The van der Waals surface area contributed by atoms with Crippen LogP contribution in [0.1, 0.15) is 66.8 Å². The molecule has 1 aromatic carbocycles. The van der Waals surface area contributed by atoms with E-state index in [2.05, 4.69) is 20.9 Å². The molecule has 6 N–H and O–H groups in total. The van der Waals surface area contributed by atoms with Gasteiger partial charge in [-0.3, -0.25) is 29.0 Å². The molecule has 2 rings (SSSR count). The first-order valence-corrected chi connectivity index (χ1v) is 14.7. The third-order valence-corrected chi connectivity index (χ3v) is 6.74. The van der Waals surface area contributed by atoms with Crippen LogP contribution in [0.25, 0.3) is 11.3 Å². The summed E-state index contributed by atoms with van der Waals surface area (Å²) in [5.74, 6) is -2.22. The number of carbonyl (C=O) groups is 4. The number of hydroxylamine groups is 2. The number of hydrogen-bond acceptors (Lipinski definition) is 7. The number of carbonyl (C=O) groups excluding carboxylic acids is 4. The molecule has 0 aliphatic rings. The lowest BCUT2D eigenvalue weighted by atomic mass is 9.90. The van der Waals surface area contributed by atoms with Gasteiger partial charge in [-0.2, -0.15) is 0 Å². The normalized spacial score (nSPS) is 12.6. The molecular weight excluding hydrogens is 541 g/mol. The maximum Gasteiger partial charge on any atom is 0.344 e. The molecule has 0 aliphatic heterocycles. The molecule has 1 heterocycles. The number of amides is 4. The fraction of sp³-hybridized carbons (Fsp3) is 0.423. The Labute approximate surface area is 232 Å². The lowest BCUT2D eigenvalue weighted by Crippen LogP contribution is -2.47. The fourth-order valence-electron chi connectivity index (χ4n) is 4.07. The number of hydrogen-bond donors (Lipinski definition) is 6. The van der Waals surface area contributed by atoms with E-state index in [0.29, 0.717) is 29.2 Å². The predicted octanol–water partition coefficient (Wildman–Crippen LogP) is 2.24. The Morgan fingerprint density at radius 2 is 1.70 bits per heavy atom. The van der Waals surface area contributed by atoms with E-state index in [-0.39, 0.29) is 24.3 Å². The molecule has 0 fully saturated rings. The molecule has 218 valence electrons. The molecule has 0 saturated carbocycles. The molecule has 2 aromatic rings. The van der Waals surface area contributed by atoms with Crippen molar-refractivity contribution in [3.05, 3.63) is 53.7 Å². The minimum absolute atomic E-state index is 0.0867. The first-order valence-electron chi connectivity index (χ1n) is 12.9. The van der Waals surface area contributed by atoms with E-state index < -0.39 is 43.6 Å². The van der Waals surface area contributed by atoms with Gasteiger partial charge in [0.1, 0.15) is 12.0 Å². The Balaban J connectivity index is 2.01. The minimum atomic E-state index is -4.38. The van der Waals surface area contributed by atoms with Crippen molar-refractivity contribution < 1.29 is 38.7 Å². The van der Waals surface area contributed by atoms with Gasteiger partial charge in [-0.1, -0.05) is 51.3 Å². The van der Waals surface area contributed by atoms with Gasteiger partial charge < -0.3 is 25.7 Å². The predicted molar refractivity (Wildman–Crippen MR) is 146 cm³/mol. The van der Waals surface area contributed by atoms with Gasteiger partial charge in [0, 0.05) is 11.1 Å². The molecule has 0 aliphatic carbocycles. The van der Waals surface area contributed by atoms with Crippen LogP contribution in [0.4, 0.5) is 0 Å². The van der Waals surface area contributed by atoms with Gasteiger partial charge in [0.25, 0.3) is 11.8 Å². The molecule has 14 heteroatoms. The Bertz CT molecular complexity index is 1200. The van der Waals surface area contributed by atoms with Crippen LogP contribution >= 0.6 is 7.60 Å². The van der Waals surface area contributed by atoms with Crippen molar-refractivity contribution in [2.75, 3.05) is 13.0 Å². The zero-order chi connectivity index (χ0) is 29.7. The van der Waals surface area contributed by atoms with Crippen LogP contribution in [0.3, 0.4) is 0 Å². The molecule has 2 atom stereocenters. The van der Waals surface area contributed by atoms with Crippen LogP contribution in [-0.2, 0) is 14.2 Å². The van der Waals surface area contributed by atoms with Crippen molar-refractivity contribution >= 4 is 31.7 Å². The second kappa shape index (κ2) is 15.8. The quantitative estimate of drug-likeness (QED) is 0.0432. The number of rotatable bonds is 16. The van der Waals surface area contributed by atoms with E-state index in [1.165, 1.54) is 18.2 Å². The molecule has 0 spiro atoms. The molecule has 40 heavy (non-hydrogen) atoms. The van der Waals surface area contributed by atoms with Gasteiger partial charge >= 0.3 is 7.60 Å². The third kappa shape index (κ3) is 10.2. The van der Waals surface area contributed by atoms with Gasteiger partial charge in [-0.05, 0) is 37.1 Å². The summed E-state index contributed by atoms with van der Waals surface area (Å²) in [6.07, 6.45) is 2.96. The van der Waals surface area contributed by atoms with E-state index in [1.54, 1.807) is 31.2 Å². The summed E-state index contributed by atoms with van der Waals surface area (Å²) in [6.45, 7) is 3.61. The van der Waals surface area contributed by atoms with Crippen LogP contribution in [0, 0.1) is 5.92 Å². The van der Waals surface area contributed by atoms with Crippen LogP contribution < -0.4 is 16.0 Å². The minimum Gasteiger partial charge on any atom is -0.340 e. The number of nitrogens with one attached hydrogen (secondary N) is 3. The molecular formula is C26H36N5O8P. The van der Waals surface area contributed by atoms with Gasteiger partial charge in [0.05, 0.1) is 24.3 Å². The van der Waals surface area contributed by atoms with Crippen molar-refractivity contribution in [3.8, 4) is 11.3 Å². The largest absolute Gasteiger partial charge is 0.344 e. The summed E-state index contributed by atoms with van der Waals surface area (Å²) in [4.78, 5) is 70.9. The van der Waals surface area contributed by atoms with E-state index in [0.717, 1.165) is 19.3 Å². The van der Waals surface area contributed by atoms with Gasteiger partial charge in [0.15, 0.2) is 0 Å². The molecule has 0 saturated heterocycles. The molecule has 0 bridgehead atoms. The first kappa shape index (κ1) is 32.6. The van der Waals surface area contributed by atoms with Crippen LogP contribution in [0.2, 0.25) is 0 Å². The summed E-state index contributed by atoms with van der Waals surface area (Å²) < 4.78 is 10.9. The molecule has 2 unspecified atom stereocenters. The van der Waals surface area contributed by atoms with E-state index in [1.807, 2.05) is 6.92 Å². The van der Waals surface area contributed by atoms with Gasteiger partial charge in [-0.15, -0.1) is 0 Å². The summed E-state index contributed by atoms with van der Waals surface area (Å²) in [6, 6.07) is 10.2. The topological polar surface area (TPSA) is 198 Å². The highest BCUT2D eigenvalue weighted by molar-refractivity contribution is 7.51. The zero-order valence-electron chi connectivity index (χ0n) is 22.4. The lowest BCUT2D eigenvalue weighted by molar-refractivity contribution is -0.168. The lowest BCUT2D eigenvalue weighted by Gasteiger charge is -2.29. The Kier molecular flexibility index (Phi) is 12.9. The summed E-state index contributed by atoms with van der Waals surface area (Å²) in [5.41, 5.74) is 1.32. The third-order valence-electron chi connectivity index (χ3n) is 6.17. The van der Waals surface area contributed by atoms with Gasteiger partial charge in [-0.25, -0.2) is 10.0 Å². The highest BCUT2D eigenvalue weighted by atomic mass is 31.2. The van der Waals surface area contributed by atoms with Crippen molar-refractivity contribution in [1.82, 2.24) is 26.0 Å². The van der Waals surface area contributed by atoms with Crippen LogP contribution in [0.15, 0.2) is 42.5 Å². The number of aromatic nitrogens is 1. The Morgan fingerprint density at radius 1 is 1.00 bits per heavy atom. The first-order chi connectivity index (χ1) is 19.0. The van der Waals surface area contributed by atoms with Crippen LogP contribution in [0.5, 0.6) is 0 Å². The van der Waals surface area contributed by atoms with Crippen molar-refractivity contribution in [2.24, 2.45) is 5.92 Å². The van der Waals surface area contributed by atoms with Crippen molar-refractivity contribution in [1.29, 1.82) is 0 Å². The van der Waals surface area contributed by atoms with Gasteiger partial charge in [0.2, 0.25) is 12.3 Å². The second-order valence-electron chi connectivity index (χ2n) is 9.10. The highest BCUT2D eigenvalue weighted by Crippen LogP contribution is 2.32. The number of nitrogens with zero attached hydrogens (tertiary/aromatic N) is 2. The SMILES string of the molecule is CCCCCC(C(=O)NCNC(=O)c1cccc(-c2ccc(C(=O)NCP(=O)(O)O)cc2)n1)C(CC)N(O)C=O. The maximum atomic E-state index is 12.9. The molecule has 1 aromatic heterocycles. The summed E-state index contributed by atoms with van der Waals surface area (Å²) in [5, 5.41) is 17.8. The highest BCUT2D eigenvalue weighted by Gasteiger charge is 2.30. The second-order valence-corrected chi connectivity index (χ2v) is 10.7. The van der Waals surface area contributed by atoms with E-state index in [9.17, 15) is 29.0 Å². The fourth-order valence-corrected chi connectivity index (χ4v) is 4.42. The average molecular weight is 578 g/mol. The van der Waals surface area contributed by atoms with Crippen LogP contribution in [-0.4, -0.2) is 68.2 Å². The van der Waals surface area contributed by atoms with Crippen molar-refractivity contribution in [3.63, 3.8) is 0 Å². The van der Waals surface area contributed by atoms with Crippen molar-refractivity contribution in [2.45, 2.75) is 52.0 Å². The zero-order valence-corrected chi connectivity index (χ0v) is 23.3. The molecule has 13 nitrogen and oxygen atoms in total. The number of unbranched alkanes of at least 4 members (excludes halogenated alkanes) is 2. The average Bonchev–Trinajstić information content (AvgIpc) is 2.94.